The number of benzene rings is 1. The van der Waals surface area contributed by atoms with Gasteiger partial charge in [-0.1, -0.05) is 37.6 Å². The molecule has 1 aromatic rings. The van der Waals surface area contributed by atoms with Crippen molar-refractivity contribution in [3.8, 4) is 0 Å². The minimum Gasteiger partial charge on any atom is -0.377 e. The molecule has 0 radical (unpaired) electrons. The second-order valence-electron chi connectivity index (χ2n) is 3.36. The Hall–Kier alpha value is -0.530. The lowest BCUT2D eigenvalue weighted by molar-refractivity contribution is 0.118. The second kappa shape index (κ2) is 6.86. The summed E-state index contributed by atoms with van der Waals surface area (Å²) >= 11 is 5.69. The van der Waals surface area contributed by atoms with E-state index in [9.17, 15) is 0 Å². The van der Waals surface area contributed by atoms with Crippen molar-refractivity contribution in [1.29, 1.82) is 0 Å². The predicted octanol–water partition coefficient (Wildman–Crippen LogP) is 3.74. The zero-order valence-electron chi connectivity index (χ0n) is 8.63. The molecule has 0 spiro atoms. The fourth-order valence-corrected chi connectivity index (χ4v) is 1.34. The van der Waals surface area contributed by atoms with Gasteiger partial charge in [-0.2, -0.15) is 0 Å². The van der Waals surface area contributed by atoms with E-state index < -0.39 is 0 Å². The molecule has 0 fully saturated rings. The Bertz CT molecular complexity index is 243. The van der Waals surface area contributed by atoms with E-state index in [1.807, 2.05) is 12.1 Å². The quantitative estimate of drug-likeness (QED) is 0.516. The van der Waals surface area contributed by atoms with E-state index >= 15 is 0 Å². The molecule has 1 nitrogen and oxygen atoms in total. The van der Waals surface area contributed by atoms with Gasteiger partial charge in [-0.3, -0.25) is 0 Å². The summed E-state index contributed by atoms with van der Waals surface area (Å²) in [7, 11) is 0. The molecule has 1 rings (SSSR count). The summed E-state index contributed by atoms with van der Waals surface area (Å²) in [5.74, 6) is 0.580. The Morgan fingerprint density at radius 3 is 2.36 bits per heavy atom. The lowest BCUT2D eigenvalue weighted by Crippen LogP contribution is -1.94. The molecule has 0 aliphatic carbocycles. The Morgan fingerprint density at radius 2 is 1.79 bits per heavy atom. The molecule has 0 N–H and O–H groups in total. The molecule has 0 atom stereocenters. The highest BCUT2D eigenvalue weighted by molar-refractivity contribution is 6.17. The zero-order chi connectivity index (χ0) is 10.2. The molecule has 78 valence electrons. The first kappa shape index (κ1) is 11.5. The third-order valence-corrected chi connectivity index (χ3v) is 2.40. The first-order chi connectivity index (χ1) is 6.86. The average Bonchev–Trinajstić information content (AvgIpc) is 2.25. The van der Waals surface area contributed by atoms with Gasteiger partial charge in [0, 0.05) is 12.5 Å². The topological polar surface area (TPSA) is 9.23 Å². The maximum absolute atomic E-state index is 5.69. The number of rotatable bonds is 6. The van der Waals surface area contributed by atoms with E-state index in [1.54, 1.807) is 0 Å². The molecular weight excluding hydrogens is 196 g/mol. The molecule has 0 aliphatic rings. The van der Waals surface area contributed by atoms with Crippen LogP contribution in [-0.2, 0) is 17.2 Å². The van der Waals surface area contributed by atoms with Gasteiger partial charge < -0.3 is 4.74 Å². The zero-order valence-corrected chi connectivity index (χ0v) is 9.39. The number of alkyl halides is 1. The number of hydrogen-bond acceptors (Lipinski definition) is 1. The first-order valence-electron chi connectivity index (χ1n) is 5.08. The van der Waals surface area contributed by atoms with Gasteiger partial charge in [0.15, 0.2) is 0 Å². The summed E-state index contributed by atoms with van der Waals surface area (Å²) in [6.07, 6.45) is 2.32. The smallest absolute Gasteiger partial charge is 0.0716 e. The van der Waals surface area contributed by atoms with Crippen molar-refractivity contribution in [2.24, 2.45) is 0 Å². The summed E-state index contributed by atoms with van der Waals surface area (Å²) in [6, 6.07) is 8.24. The van der Waals surface area contributed by atoms with Crippen LogP contribution in [-0.4, -0.2) is 6.61 Å². The third-order valence-electron chi connectivity index (χ3n) is 2.09. The standard InChI is InChI=1S/C12H17ClO/c1-2-3-8-14-10-12-6-4-11(9-13)5-7-12/h4-7H,2-3,8-10H2,1H3. The van der Waals surface area contributed by atoms with Gasteiger partial charge in [0.2, 0.25) is 0 Å². The Morgan fingerprint density at radius 1 is 1.14 bits per heavy atom. The molecule has 0 saturated carbocycles. The maximum atomic E-state index is 5.69. The fraction of sp³-hybridized carbons (Fsp3) is 0.500. The summed E-state index contributed by atoms with van der Waals surface area (Å²) in [5, 5.41) is 0. The van der Waals surface area contributed by atoms with Gasteiger partial charge >= 0.3 is 0 Å². The summed E-state index contributed by atoms with van der Waals surface area (Å²) in [5.41, 5.74) is 2.37. The summed E-state index contributed by atoms with van der Waals surface area (Å²) in [6.45, 7) is 3.73. The molecule has 0 bridgehead atoms. The van der Waals surface area contributed by atoms with Crippen LogP contribution in [0.15, 0.2) is 24.3 Å². The monoisotopic (exact) mass is 212 g/mol. The van der Waals surface area contributed by atoms with E-state index in [0.29, 0.717) is 12.5 Å². The molecule has 0 heterocycles. The molecule has 0 aliphatic heterocycles. The highest BCUT2D eigenvalue weighted by Gasteiger charge is 1.94. The van der Waals surface area contributed by atoms with Crippen LogP contribution in [0.2, 0.25) is 0 Å². The molecule has 14 heavy (non-hydrogen) atoms. The van der Waals surface area contributed by atoms with Crippen molar-refractivity contribution >= 4 is 11.6 Å². The van der Waals surface area contributed by atoms with Crippen LogP contribution in [0.4, 0.5) is 0 Å². The van der Waals surface area contributed by atoms with E-state index in [0.717, 1.165) is 18.6 Å². The van der Waals surface area contributed by atoms with Crippen molar-refractivity contribution in [2.45, 2.75) is 32.3 Å². The van der Waals surface area contributed by atoms with E-state index in [2.05, 4.69) is 19.1 Å². The largest absolute Gasteiger partial charge is 0.377 e. The van der Waals surface area contributed by atoms with Crippen LogP contribution in [0.3, 0.4) is 0 Å². The van der Waals surface area contributed by atoms with Crippen LogP contribution in [0.1, 0.15) is 30.9 Å². The Kier molecular flexibility index (Phi) is 5.65. The lowest BCUT2D eigenvalue weighted by Gasteiger charge is -2.03. The molecule has 1 aromatic carbocycles. The average molecular weight is 213 g/mol. The SMILES string of the molecule is CCCCOCc1ccc(CCl)cc1. The summed E-state index contributed by atoms with van der Waals surface area (Å²) in [4.78, 5) is 0. The number of ether oxygens (including phenoxy) is 1. The minimum absolute atomic E-state index is 0.580. The van der Waals surface area contributed by atoms with Crippen LogP contribution < -0.4 is 0 Å². The molecule has 0 amide bonds. The van der Waals surface area contributed by atoms with Crippen molar-refractivity contribution < 1.29 is 4.74 Å². The van der Waals surface area contributed by atoms with Crippen molar-refractivity contribution in [3.05, 3.63) is 35.4 Å². The Labute approximate surface area is 91.0 Å². The van der Waals surface area contributed by atoms with Crippen LogP contribution >= 0.6 is 11.6 Å². The fourth-order valence-electron chi connectivity index (χ4n) is 1.16. The van der Waals surface area contributed by atoms with Gasteiger partial charge in [-0.15, -0.1) is 11.6 Å². The second-order valence-corrected chi connectivity index (χ2v) is 3.62. The molecular formula is C12H17ClO. The highest BCUT2D eigenvalue weighted by Crippen LogP contribution is 2.08. The van der Waals surface area contributed by atoms with Gasteiger partial charge in [0.25, 0.3) is 0 Å². The van der Waals surface area contributed by atoms with Gasteiger partial charge in [0.05, 0.1) is 6.61 Å². The number of hydrogen-bond donors (Lipinski definition) is 0. The number of unbranched alkanes of at least 4 members (excludes halogenated alkanes) is 1. The van der Waals surface area contributed by atoms with Gasteiger partial charge in [-0.25, -0.2) is 0 Å². The van der Waals surface area contributed by atoms with E-state index in [-0.39, 0.29) is 0 Å². The molecule has 0 saturated heterocycles. The summed E-state index contributed by atoms with van der Waals surface area (Å²) < 4.78 is 5.50. The van der Waals surface area contributed by atoms with Gasteiger partial charge in [-0.05, 0) is 17.5 Å². The normalized spacial score (nSPS) is 10.4. The van der Waals surface area contributed by atoms with Crippen LogP contribution in [0.5, 0.6) is 0 Å². The predicted molar refractivity (Wildman–Crippen MR) is 60.6 cm³/mol. The van der Waals surface area contributed by atoms with E-state index in [1.165, 1.54) is 12.0 Å². The highest BCUT2D eigenvalue weighted by atomic mass is 35.5. The van der Waals surface area contributed by atoms with Crippen molar-refractivity contribution in [1.82, 2.24) is 0 Å². The van der Waals surface area contributed by atoms with Gasteiger partial charge in [0.1, 0.15) is 0 Å². The molecule has 2 heteroatoms. The first-order valence-corrected chi connectivity index (χ1v) is 5.61. The molecule has 0 unspecified atom stereocenters. The maximum Gasteiger partial charge on any atom is 0.0716 e. The lowest BCUT2D eigenvalue weighted by atomic mass is 10.2. The number of halogens is 1. The van der Waals surface area contributed by atoms with Crippen LogP contribution in [0, 0.1) is 0 Å². The van der Waals surface area contributed by atoms with Crippen molar-refractivity contribution in [3.63, 3.8) is 0 Å². The Balaban J connectivity index is 2.29. The van der Waals surface area contributed by atoms with E-state index in [4.69, 9.17) is 16.3 Å². The minimum atomic E-state index is 0.580. The van der Waals surface area contributed by atoms with Crippen LogP contribution in [0.25, 0.3) is 0 Å². The third kappa shape index (κ3) is 4.12. The molecule has 0 aromatic heterocycles. The van der Waals surface area contributed by atoms with Crippen molar-refractivity contribution in [2.75, 3.05) is 6.61 Å².